The molecule has 0 N–H and O–H groups in total. The summed E-state index contributed by atoms with van der Waals surface area (Å²) < 4.78 is 3.82. The first kappa shape index (κ1) is 24.3. The maximum Gasteiger partial charge on any atom is 0.263 e. The number of para-hydroxylation sites is 2. The predicted octanol–water partition coefficient (Wildman–Crippen LogP) is 8.96. The summed E-state index contributed by atoms with van der Waals surface area (Å²) in [5.41, 5.74) is 8.46. The minimum Gasteiger partial charge on any atom is -0.335 e. The zero-order valence-corrected chi connectivity index (χ0v) is 23.4. The van der Waals surface area contributed by atoms with Crippen LogP contribution in [0.1, 0.15) is 50.1 Å². The van der Waals surface area contributed by atoms with Crippen LogP contribution in [0.25, 0.3) is 16.3 Å². The van der Waals surface area contributed by atoms with Crippen molar-refractivity contribution >= 4 is 45.1 Å². The summed E-state index contributed by atoms with van der Waals surface area (Å²) in [5.74, 6) is 0.483. The molecule has 2 heterocycles. The Morgan fingerprint density at radius 3 is 2.46 bits per heavy atom. The van der Waals surface area contributed by atoms with Crippen LogP contribution < -0.4 is 9.47 Å². The van der Waals surface area contributed by atoms with E-state index in [0.717, 1.165) is 25.9 Å². The fourth-order valence-electron chi connectivity index (χ4n) is 5.68. The van der Waals surface area contributed by atoms with Gasteiger partial charge in [0, 0.05) is 23.6 Å². The summed E-state index contributed by atoms with van der Waals surface area (Å²) in [6.07, 6.45) is 7.10. The van der Waals surface area contributed by atoms with Gasteiger partial charge in [-0.3, -0.25) is 0 Å². The van der Waals surface area contributed by atoms with Crippen molar-refractivity contribution in [2.24, 2.45) is 0 Å². The third kappa shape index (κ3) is 4.58. The summed E-state index contributed by atoms with van der Waals surface area (Å²) >= 11 is 3.81. The molecule has 0 amide bonds. The molecule has 0 radical (unpaired) electrons. The van der Waals surface area contributed by atoms with Gasteiger partial charge in [0.15, 0.2) is 0 Å². The van der Waals surface area contributed by atoms with Gasteiger partial charge in [0.1, 0.15) is 11.2 Å². The fourth-order valence-corrected chi connectivity index (χ4v) is 8.07. The Labute approximate surface area is 228 Å². The molecule has 2 aliphatic rings. The van der Waals surface area contributed by atoms with E-state index in [2.05, 4.69) is 121 Å². The van der Waals surface area contributed by atoms with E-state index in [-0.39, 0.29) is 0 Å². The SMILES string of the molecule is CCN1C(=CC2=C(C)C(=Cc3sc4ccccc4[n+]3CC)CC(c3ccccc3)C2)Sc2ccccc21. The van der Waals surface area contributed by atoms with Gasteiger partial charge < -0.3 is 4.90 Å². The van der Waals surface area contributed by atoms with Gasteiger partial charge in [-0.15, -0.1) is 0 Å². The van der Waals surface area contributed by atoms with Crippen LogP contribution in [0.4, 0.5) is 5.69 Å². The quantitative estimate of drug-likeness (QED) is 0.242. The number of allylic oxidation sites excluding steroid dienone is 4. The molecule has 0 fully saturated rings. The summed E-state index contributed by atoms with van der Waals surface area (Å²) in [4.78, 5) is 3.82. The Bertz CT molecular complexity index is 1540. The van der Waals surface area contributed by atoms with Gasteiger partial charge in [-0.05, 0) is 86.1 Å². The lowest BCUT2D eigenvalue weighted by Crippen LogP contribution is -2.33. The number of aryl methyl sites for hydroxylation is 1. The van der Waals surface area contributed by atoms with E-state index >= 15 is 0 Å². The summed E-state index contributed by atoms with van der Waals surface area (Å²) in [6.45, 7) is 8.80. The second-order valence-electron chi connectivity index (χ2n) is 9.78. The topological polar surface area (TPSA) is 7.12 Å². The Morgan fingerprint density at radius 2 is 1.65 bits per heavy atom. The Balaban J connectivity index is 1.46. The second-order valence-corrected chi connectivity index (χ2v) is 11.9. The molecule has 6 rings (SSSR count). The average molecular weight is 522 g/mol. The number of anilines is 1. The van der Waals surface area contributed by atoms with Crippen molar-refractivity contribution < 1.29 is 4.57 Å². The first-order valence-corrected chi connectivity index (χ1v) is 14.9. The highest BCUT2D eigenvalue weighted by molar-refractivity contribution is 8.03. The molecule has 1 unspecified atom stereocenters. The Kier molecular flexibility index (Phi) is 6.79. The highest BCUT2D eigenvalue weighted by Gasteiger charge is 2.28. The number of hydrogen-bond acceptors (Lipinski definition) is 3. The number of benzene rings is 3. The number of hydrogen-bond donors (Lipinski definition) is 0. The van der Waals surface area contributed by atoms with Crippen LogP contribution >= 0.6 is 23.1 Å². The number of nitrogens with zero attached hydrogens (tertiary/aromatic N) is 2. The largest absolute Gasteiger partial charge is 0.335 e. The molecule has 1 atom stereocenters. The third-order valence-corrected chi connectivity index (χ3v) is 9.89. The van der Waals surface area contributed by atoms with Crippen LogP contribution in [0.5, 0.6) is 0 Å². The van der Waals surface area contributed by atoms with Crippen molar-refractivity contribution in [1.29, 1.82) is 0 Å². The molecule has 4 heteroatoms. The first-order chi connectivity index (χ1) is 18.2. The lowest BCUT2D eigenvalue weighted by Gasteiger charge is -2.28. The van der Waals surface area contributed by atoms with Crippen LogP contribution in [0.3, 0.4) is 0 Å². The van der Waals surface area contributed by atoms with E-state index in [1.54, 1.807) is 0 Å². The van der Waals surface area contributed by atoms with Crippen LogP contribution in [0.15, 0.2) is 112 Å². The average Bonchev–Trinajstić information content (AvgIpc) is 3.47. The molecular formula is C33H33N2S2+. The smallest absolute Gasteiger partial charge is 0.263 e. The maximum atomic E-state index is 2.48. The number of thioether (sulfide) groups is 1. The Morgan fingerprint density at radius 1 is 0.892 bits per heavy atom. The number of fused-ring (bicyclic) bond motifs is 2. The lowest BCUT2D eigenvalue weighted by atomic mass is 9.77. The normalized spacial score (nSPS) is 19.9. The van der Waals surface area contributed by atoms with Crippen LogP contribution in [0, 0.1) is 0 Å². The van der Waals surface area contributed by atoms with E-state index in [1.807, 2.05) is 23.1 Å². The molecule has 1 aliphatic heterocycles. The zero-order chi connectivity index (χ0) is 25.4. The number of aromatic nitrogens is 1. The molecule has 186 valence electrons. The molecule has 37 heavy (non-hydrogen) atoms. The highest BCUT2D eigenvalue weighted by Crippen LogP contribution is 2.48. The third-order valence-electron chi connectivity index (χ3n) is 7.67. The summed E-state index contributed by atoms with van der Waals surface area (Å²) in [6, 6.07) is 28.7. The number of rotatable bonds is 5. The standard InChI is InChI=1S/C33H33N2S2/c1-4-34-28-15-9-11-17-30(28)36-32(34)21-25-19-27(24-13-7-6-8-14-24)20-26(23(25)3)22-33-35(5-2)29-16-10-12-18-31(29)37-33/h6-18,21-22,27H,4-5,19-20H2,1-3H3/q+1. The molecule has 1 aliphatic carbocycles. The summed E-state index contributed by atoms with van der Waals surface area (Å²) in [5, 5.41) is 2.69. The maximum absolute atomic E-state index is 2.48. The minimum absolute atomic E-state index is 0.483. The molecule has 0 spiro atoms. The molecular weight excluding hydrogens is 489 g/mol. The van der Waals surface area contributed by atoms with Gasteiger partial charge in [0.2, 0.25) is 5.52 Å². The predicted molar refractivity (Wildman–Crippen MR) is 160 cm³/mol. The van der Waals surface area contributed by atoms with Crippen molar-refractivity contribution in [3.8, 4) is 0 Å². The molecule has 1 aromatic heterocycles. The van der Waals surface area contributed by atoms with Crippen LogP contribution in [-0.4, -0.2) is 6.54 Å². The first-order valence-electron chi connectivity index (χ1n) is 13.3. The van der Waals surface area contributed by atoms with E-state index in [9.17, 15) is 0 Å². The van der Waals surface area contributed by atoms with Gasteiger partial charge in [-0.1, -0.05) is 77.7 Å². The zero-order valence-electron chi connectivity index (χ0n) is 21.8. The minimum atomic E-state index is 0.483. The van der Waals surface area contributed by atoms with Crippen molar-refractivity contribution in [3.63, 3.8) is 0 Å². The Hall–Kier alpha value is -3.08. The van der Waals surface area contributed by atoms with Crippen LogP contribution in [0.2, 0.25) is 0 Å². The van der Waals surface area contributed by atoms with Gasteiger partial charge in [-0.25, -0.2) is 0 Å². The van der Waals surface area contributed by atoms with Gasteiger partial charge >= 0.3 is 0 Å². The molecule has 0 bridgehead atoms. The van der Waals surface area contributed by atoms with Crippen molar-refractivity contribution in [2.75, 3.05) is 11.4 Å². The molecule has 0 saturated heterocycles. The highest BCUT2D eigenvalue weighted by atomic mass is 32.2. The summed E-state index contributed by atoms with van der Waals surface area (Å²) in [7, 11) is 0. The monoisotopic (exact) mass is 521 g/mol. The van der Waals surface area contributed by atoms with E-state index in [0.29, 0.717) is 5.92 Å². The molecule has 0 saturated carbocycles. The lowest BCUT2D eigenvalue weighted by molar-refractivity contribution is -0.665. The van der Waals surface area contributed by atoms with Crippen molar-refractivity contribution in [2.45, 2.75) is 51.0 Å². The number of thiazole rings is 1. The van der Waals surface area contributed by atoms with E-state index in [1.165, 1.54) is 53.1 Å². The fraction of sp³-hybridized carbons (Fsp3) is 0.242. The van der Waals surface area contributed by atoms with Gasteiger partial charge in [0.05, 0.1) is 10.7 Å². The van der Waals surface area contributed by atoms with Crippen molar-refractivity contribution in [1.82, 2.24) is 0 Å². The van der Waals surface area contributed by atoms with Crippen LogP contribution in [-0.2, 0) is 6.54 Å². The van der Waals surface area contributed by atoms with E-state index in [4.69, 9.17) is 0 Å². The van der Waals surface area contributed by atoms with Gasteiger partial charge in [0.25, 0.3) is 5.01 Å². The molecule has 3 aromatic carbocycles. The van der Waals surface area contributed by atoms with Gasteiger partial charge in [-0.2, -0.15) is 4.57 Å². The molecule has 4 aromatic rings. The molecule has 2 nitrogen and oxygen atoms in total. The second kappa shape index (κ2) is 10.4. The van der Waals surface area contributed by atoms with Crippen molar-refractivity contribution in [3.05, 3.63) is 117 Å². The van der Waals surface area contributed by atoms with E-state index < -0.39 is 0 Å².